The first kappa shape index (κ1) is 9.99. The highest BCUT2D eigenvalue weighted by Crippen LogP contribution is 2.21. The molecule has 1 N–H and O–H groups in total. The lowest BCUT2D eigenvalue weighted by atomic mass is 10.0. The number of nitrogens with one attached hydrogen (secondary N) is 1. The Labute approximate surface area is 89.5 Å². The predicted octanol–water partition coefficient (Wildman–Crippen LogP) is 2.17. The van der Waals surface area contributed by atoms with Gasteiger partial charge in [-0.15, -0.1) is 11.8 Å². The Hall–Kier alpha value is -0.540. The van der Waals surface area contributed by atoms with Gasteiger partial charge in [-0.25, -0.2) is 4.98 Å². The minimum absolute atomic E-state index is 0.829. The molecule has 3 heteroatoms. The van der Waals surface area contributed by atoms with E-state index in [2.05, 4.69) is 22.4 Å². The fourth-order valence-electron chi connectivity index (χ4n) is 1.70. The highest BCUT2D eigenvalue weighted by atomic mass is 32.2. The summed E-state index contributed by atoms with van der Waals surface area (Å²) in [5.41, 5.74) is 0. The molecule has 1 unspecified atom stereocenters. The number of thioether (sulfide) groups is 1. The predicted molar refractivity (Wildman–Crippen MR) is 60.6 cm³/mol. The van der Waals surface area contributed by atoms with Gasteiger partial charge in [-0.2, -0.15) is 0 Å². The van der Waals surface area contributed by atoms with Gasteiger partial charge in [0.2, 0.25) is 0 Å². The SMILES string of the molecule is c1ccc(SCC2CCCNC2)nc1. The van der Waals surface area contributed by atoms with Crippen LogP contribution >= 0.6 is 11.8 Å². The minimum Gasteiger partial charge on any atom is -0.316 e. The van der Waals surface area contributed by atoms with E-state index in [4.69, 9.17) is 0 Å². The van der Waals surface area contributed by atoms with Gasteiger partial charge in [-0.1, -0.05) is 6.07 Å². The van der Waals surface area contributed by atoms with E-state index in [9.17, 15) is 0 Å². The number of piperidine rings is 1. The van der Waals surface area contributed by atoms with Crippen molar-refractivity contribution < 1.29 is 0 Å². The van der Waals surface area contributed by atoms with Crippen LogP contribution < -0.4 is 5.32 Å². The summed E-state index contributed by atoms with van der Waals surface area (Å²) in [6.45, 7) is 2.38. The molecule has 0 spiro atoms. The lowest BCUT2D eigenvalue weighted by Gasteiger charge is -2.21. The van der Waals surface area contributed by atoms with Gasteiger partial charge in [0, 0.05) is 11.9 Å². The monoisotopic (exact) mass is 208 g/mol. The van der Waals surface area contributed by atoms with Crippen LogP contribution in [-0.2, 0) is 0 Å². The summed E-state index contributed by atoms with van der Waals surface area (Å²) in [6, 6.07) is 6.10. The average Bonchev–Trinajstić information content (AvgIpc) is 2.29. The van der Waals surface area contributed by atoms with Crippen molar-refractivity contribution in [2.45, 2.75) is 17.9 Å². The lowest BCUT2D eigenvalue weighted by Crippen LogP contribution is -2.30. The first-order chi connectivity index (χ1) is 6.95. The molecule has 0 saturated carbocycles. The van der Waals surface area contributed by atoms with E-state index < -0.39 is 0 Å². The van der Waals surface area contributed by atoms with Crippen LogP contribution in [0.1, 0.15) is 12.8 Å². The van der Waals surface area contributed by atoms with Crippen LogP contribution in [0.25, 0.3) is 0 Å². The molecule has 2 heterocycles. The molecule has 1 saturated heterocycles. The molecule has 0 amide bonds. The Bertz CT molecular complexity index is 257. The van der Waals surface area contributed by atoms with Gasteiger partial charge in [0.15, 0.2) is 0 Å². The van der Waals surface area contributed by atoms with Gasteiger partial charge in [0.1, 0.15) is 0 Å². The average molecular weight is 208 g/mol. The largest absolute Gasteiger partial charge is 0.316 e. The second kappa shape index (κ2) is 5.37. The van der Waals surface area contributed by atoms with Crippen LogP contribution in [0.4, 0.5) is 0 Å². The summed E-state index contributed by atoms with van der Waals surface area (Å²) in [6.07, 6.45) is 4.56. The van der Waals surface area contributed by atoms with Gasteiger partial charge in [0.05, 0.1) is 5.03 Å². The summed E-state index contributed by atoms with van der Waals surface area (Å²) >= 11 is 1.88. The zero-order valence-corrected chi connectivity index (χ0v) is 9.09. The van der Waals surface area contributed by atoms with Crippen LogP contribution in [0.15, 0.2) is 29.4 Å². The Morgan fingerprint density at radius 1 is 1.50 bits per heavy atom. The minimum atomic E-state index is 0.829. The van der Waals surface area contributed by atoms with Crippen molar-refractivity contribution in [1.29, 1.82) is 0 Å². The van der Waals surface area contributed by atoms with Gasteiger partial charge in [0.25, 0.3) is 0 Å². The van der Waals surface area contributed by atoms with Crippen molar-refractivity contribution in [3.8, 4) is 0 Å². The van der Waals surface area contributed by atoms with Crippen LogP contribution in [0.5, 0.6) is 0 Å². The molecule has 0 bridgehead atoms. The van der Waals surface area contributed by atoms with Gasteiger partial charge in [-0.3, -0.25) is 0 Å². The number of nitrogens with zero attached hydrogens (tertiary/aromatic N) is 1. The number of hydrogen-bond acceptors (Lipinski definition) is 3. The van der Waals surface area contributed by atoms with Crippen LogP contribution in [0, 0.1) is 5.92 Å². The maximum absolute atomic E-state index is 4.31. The highest BCUT2D eigenvalue weighted by molar-refractivity contribution is 7.99. The van der Waals surface area contributed by atoms with Crippen LogP contribution in [-0.4, -0.2) is 23.8 Å². The molecule has 1 aromatic heterocycles. The Morgan fingerprint density at radius 3 is 3.21 bits per heavy atom. The summed E-state index contributed by atoms with van der Waals surface area (Å²) in [5.74, 6) is 2.03. The van der Waals surface area contributed by atoms with Crippen LogP contribution in [0.3, 0.4) is 0 Å². The maximum Gasteiger partial charge on any atom is 0.0959 e. The maximum atomic E-state index is 4.31. The molecule has 2 nitrogen and oxygen atoms in total. The molecule has 2 rings (SSSR count). The first-order valence-electron chi connectivity index (χ1n) is 5.20. The molecular formula is C11H16N2S. The zero-order valence-electron chi connectivity index (χ0n) is 8.28. The Balaban J connectivity index is 1.76. The summed E-state index contributed by atoms with van der Waals surface area (Å²) in [7, 11) is 0. The molecule has 1 aliphatic rings. The van der Waals surface area contributed by atoms with E-state index in [1.165, 1.54) is 31.7 Å². The van der Waals surface area contributed by atoms with E-state index in [0.29, 0.717) is 0 Å². The number of hydrogen-bond donors (Lipinski definition) is 1. The van der Waals surface area contributed by atoms with Crippen molar-refractivity contribution in [1.82, 2.24) is 10.3 Å². The summed E-state index contributed by atoms with van der Waals surface area (Å²) < 4.78 is 0. The normalized spacial score (nSPS) is 22.1. The van der Waals surface area contributed by atoms with Crippen molar-refractivity contribution in [2.24, 2.45) is 5.92 Å². The van der Waals surface area contributed by atoms with Crippen molar-refractivity contribution in [3.63, 3.8) is 0 Å². The van der Waals surface area contributed by atoms with Gasteiger partial charge < -0.3 is 5.32 Å². The summed E-state index contributed by atoms with van der Waals surface area (Å²) in [4.78, 5) is 4.31. The number of aromatic nitrogens is 1. The second-order valence-corrected chi connectivity index (χ2v) is 4.73. The van der Waals surface area contributed by atoms with E-state index in [1.54, 1.807) is 0 Å². The molecule has 1 aliphatic heterocycles. The molecule has 0 aromatic carbocycles. The molecule has 1 fully saturated rings. The fourth-order valence-corrected chi connectivity index (χ4v) is 2.70. The number of rotatable bonds is 3. The standard InChI is InChI=1S/C11H16N2S/c1-2-7-13-11(5-1)14-9-10-4-3-6-12-8-10/h1-2,5,7,10,12H,3-4,6,8-9H2. The molecule has 0 aliphatic carbocycles. The first-order valence-corrected chi connectivity index (χ1v) is 6.18. The molecule has 0 radical (unpaired) electrons. The van der Waals surface area contributed by atoms with Crippen molar-refractivity contribution in [3.05, 3.63) is 24.4 Å². The van der Waals surface area contributed by atoms with E-state index in [-0.39, 0.29) is 0 Å². The van der Waals surface area contributed by atoms with Crippen molar-refractivity contribution >= 4 is 11.8 Å². The highest BCUT2D eigenvalue weighted by Gasteiger charge is 2.12. The van der Waals surface area contributed by atoms with E-state index in [0.717, 1.165) is 10.9 Å². The zero-order chi connectivity index (χ0) is 9.64. The molecule has 1 aromatic rings. The third-order valence-electron chi connectivity index (χ3n) is 2.50. The quantitative estimate of drug-likeness (QED) is 0.771. The topological polar surface area (TPSA) is 24.9 Å². The van der Waals surface area contributed by atoms with Gasteiger partial charge >= 0.3 is 0 Å². The third-order valence-corrected chi connectivity index (χ3v) is 3.68. The van der Waals surface area contributed by atoms with Crippen LogP contribution in [0.2, 0.25) is 0 Å². The molecule has 76 valence electrons. The molecule has 14 heavy (non-hydrogen) atoms. The second-order valence-electron chi connectivity index (χ2n) is 3.69. The van der Waals surface area contributed by atoms with Crippen molar-refractivity contribution in [2.75, 3.05) is 18.8 Å². The summed E-state index contributed by atoms with van der Waals surface area (Å²) in [5, 5.41) is 4.59. The third kappa shape index (κ3) is 3.00. The Morgan fingerprint density at radius 2 is 2.50 bits per heavy atom. The fraction of sp³-hybridized carbons (Fsp3) is 0.545. The Kier molecular flexibility index (Phi) is 3.83. The molecule has 1 atom stereocenters. The molecular weight excluding hydrogens is 192 g/mol. The van der Waals surface area contributed by atoms with Gasteiger partial charge in [-0.05, 0) is 44.0 Å². The lowest BCUT2D eigenvalue weighted by molar-refractivity contribution is 0.410. The smallest absolute Gasteiger partial charge is 0.0959 e. The number of pyridine rings is 1. The van der Waals surface area contributed by atoms with E-state index >= 15 is 0 Å². The van der Waals surface area contributed by atoms with E-state index in [1.807, 2.05) is 24.0 Å².